The number of hydrogen-bond donors (Lipinski definition) is 1. The Morgan fingerprint density at radius 2 is 1.63 bits per heavy atom. The van der Waals surface area contributed by atoms with Gasteiger partial charge in [-0.1, -0.05) is 0 Å². The van der Waals surface area contributed by atoms with E-state index in [-0.39, 0.29) is 5.91 Å². The molecule has 162 valence electrons. The molecule has 0 radical (unpaired) electrons. The second-order valence-corrected chi connectivity index (χ2v) is 6.42. The number of rotatable bonds is 9. The molecule has 1 aromatic heterocycles. The lowest BCUT2D eigenvalue weighted by Gasteiger charge is -2.27. The third kappa shape index (κ3) is 5.29. The third-order valence-corrected chi connectivity index (χ3v) is 4.40. The number of nitrogens with one attached hydrogen (secondary N) is 1. The van der Waals surface area contributed by atoms with Crippen molar-refractivity contribution < 1.29 is 23.7 Å². The molecule has 0 atom stereocenters. The van der Waals surface area contributed by atoms with Crippen molar-refractivity contribution in [1.82, 2.24) is 9.97 Å². The average Bonchev–Trinajstić information content (AvgIpc) is 2.77. The van der Waals surface area contributed by atoms with Crippen LogP contribution in [0.15, 0.2) is 24.5 Å². The summed E-state index contributed by atoms with van der Waals surface area (Å²) in [5.74, 6) is 2.27. The van der Waals surface area contributed by atoms with Crippen LogP contribution in [0.2, 0.25) is 0 Å². The van der Waals surface area contributed by atoms with Crippen LogP contribution < -0.4 is 24.4 Å². The lowest BCUT2D eigenvalue weighted by atomic mass is 10.1. The first kappa shape index (κ1) is 21.6. The van der Waals surface area contributed by atoms with Gasteiger partial charge in [0.2, 0.25) is 5.75 Å². The number of benzene rings is 1. The number of amides is 1. The Labute approximate surface area is 176 Å². The number of hydrogen-bond acceptors (Lipinski definition) is 8. The minimum atomic E-state index is -0.327. The molecular weight excluding hydrogens is 388 g/mol. The molecule has 0 aliphatic carbocycles. The Balaban J connectivity index is 1.83. The molecule has 1 aliphatic rings. The molecule has 9 nitrogen and oxygen atoms in total. The number of carbonyl (C=O) groups is 1. The molecule has 2 heterocycles. The van der Waals surface area contributed by atoms with E-state index in [1.807, 2.05) is 20.8 Å². The van der Waals surface area contributed by atoms with Gasteiger partial charge in [-0.25, -0.2) is 9.97 Å². The van der Waals surface area contributed by atoms with Crippen LogP contribution in [0.5, 0.6) is 17.2 Å². The lowest BCUT2D eigenvalue weighted by Crippen LogP contribution is -2.36. The highest BCUT2D eigenvalue weighted by molar-refractivity contribution is 6.04. The molecule has 0 saturated carbocycles. The van der Waals surface area contributed by atoms with E-state index in [1.165, 1.54) is 6.33 Å². The van der Waals surface area contributed by atoms with Crippen LogP contribution in [0, 0.1) is 0 Å². The van der Waals surface area contributed by atoms with E-state index in [1.54, 1.807) is 18.2 Å². The summed E-state index contributed by atoms with van der Waals surface area (Å²) in [5.41, 5.74) is 0.386. The lowest BCUT2D eigenvalue weighted by molar-refractivity contribution is 0.102. The summed E-state index contributed by atoms with van der Waals surface area (Å²) in [5, 5.41) is 2.83. The highest BCUT2D eigenvalue weighted by atomic mass is 16.5. The number of aromatic nitrogens is 2. The molecule has 2 aromatic rings. The first-order valence-corrected chi connectivity index (χ1v) is 10.2. The van der Waals surface area contributed by atoms with Gasteiger partial charge in [-0.05, 0) is 32.9 Å². The van der Waals surface area contributed by atoms with Gasteiger partial charge in [-0.2, -0.15) is 0 Å². The van der Waals surface area contributed by atoms with E-state index in [2.05, 4.69) is 20.2 Å². The minimum absolute atomic E-state index is 0.327. The highest BCUT2D eigenvalue weighted by Gasteiger charge is 2.19. The number of anilines is 2. The number of nitrogens with zero attached hydrogens (tertiary/aromatic N) is 3. The predicted molar refractivity (Wildman–Crippen MR) is 113 cm³/mol. The van der Waals surface area contributed by atoms with Crippen LogP contribution >= 0.6 is 0 Å². The molecule has 1 amide bonds. The Bertz CT molecular complexity index is 828. The summed E-state index contributed by atoms with van der Waals surface area (Å²) < 4.78 is 22.4. The van der Waals surface area contributed by atoms with Crippen LogP contribution in [0.3, 0.4) is 0 Å². The SMILES string of the molecule is CCOc1cc(C(=O)Nc2cc(N3CCOCC3)ncn2)cc(OCC)c1OCC. The van der Waals surface area contributed by atoms with Gasteiger partial charge in [-0.3, -0.25) is 4.79 Å². The normalized spacial score (nSPS) is 13.6. The largest absolute Gasteiger partial charge is 0.490 e. The third-order valence-electron chi connectivity index (χ3n) is 4.40. The van der Waals surface area contributed by atoms with Crippen LogP contribution in [-0.2, 0) is 4.74 Å². The van der Waals surface area contributed by atoms with Gasteiger partial charge in [0, 0.05) is 24.7 Å². The van der Waals surface area contributed by atoms with Crippen molar-refractivity contribution in [2.45, 2.75) is 20.8 Å². The fraction of sp³-hybridized carbons (Fsp3) is 0.476. The monoisotopic (exact) mass is 416 g/mol. The van der Waals surface area contributed by atoms with E-state index in [9.17, 15) is 4.79 Å². The Hall–Kier alpha value is -3.07. The fourth-order valence-corrected chi connectivity index (χ4v) is 3.09. The van der Waals surface area contributed by atoms with Gasteiger partial charge in [0.25, 0.3) is 5.91 Å². The van der Waals surface area contributed by atoms with Gasteiger partial charge >= 0.3 is 0 Å². The molecule has 0 unspecified atom stereocenters. The molecule has 1 aromatic carbocycles. The summed E-state index contributed by atoms with van der Waals surface area (Å²) in [7, 11) is 0. The molecule has 30 heavy (non-hydrogen) atoms. The van der Waals surface area contributed by atoms with Crippen molar-refractivity contribution in [2.75, 3.05) is 56.3 Å². The van der Waals surface area contributed by atoms with E-state index >= 15 is 0 Å². The zero-order valence-electron chi connectivity index (χ0n) is 17.6. The van der Waals surface area contributed by atoms with Crippen molar-refractivity contribution in [3.05, 3.63) is 30.1 Å². The summed E-state index contributed by atoms with van der Waals surface area (Å²) in [4.78, 5) is 23.5. The number of carbonyl (C=O) groups excluding carboxylic acids is 1. The van der Waals surface area contributed by atoms with Crippen LogP contribution in [0.25, 0.3) is 0 Å². The Morgan fingerprint density at radius 3 is 2.23 bits per heavy atom. The van der Waals surface area contributed by atoms with Crippen molar-refractivity contribution in [2.24, 2.45) is 0 Å². The van der Waals surface area contributed by atoms with Crippen molar-refractivity contribution in [3.63, 3.8) is 0 Å². The van der Waals surface area contributed by atoms with Crippen LogP contribution in [-0.4, -0.2) is 62.0 Å². The molecule has 0 bridgehead atoms. The molecule has 1 fully saturated rings. The van der Waals surface area contributed by atoms with Crippen molar-refractivity contribution in [1.29, 1.82) is 0 Å². The maximum Gasteiger partial charge on any atom is 0.257 e. The summed E-state index contributed by atoms with van der Waals surface area (Å²) in [6.07, 6.45) is 1.44. The molecular formula is C21H28N4O5. The average molecular weight is 416 g/mol. The number of morpholine rings is 1. The van der Waals surface area contributed by atoms with E-state index in [0.29, 0.717) is 61.7 Å². The second kappa shape index (κ2) is 10.6. The van der Waals surface area contributed by atoms with Crippen molar-refractivity contribution in [3.8, 4) is 17.2 Å². The van der Waals surface area contributed by atoms with Gasteiger partial charge in [0.1, 0.15) is 18.0 Å². The summed E-state index contributed by atoms with van der Waals surface area (Å²) in [6.45, 7) is 9.75. The van der Waals surface area contributed by atoms with Gasteiger partial charge in [0.05, 0.1) is 33.0 Å². The van der Waals surface area contributed by atoms with E-state index in [4.69, 9.17) is 18.9 Å². The zero-order chi connectivity index (χ0) is 21.3. The van der Waals surface area contributed by atoms with Gasteiger partial charge in [0.15, 0.2) is 11.5 Å². The molecule has 1 saturated heterocycles. The number of ether oxygens (including phenoxy) is 4. The van der Waals surface area contributed by atoms with E-state index in [0.717, 1.165) is 18.9 Å². The Kier molecular flexibility index (Phi) is 7.67. The maximum absolute atomic E-state index is 12.9. The molecule has 1 aliphatic heterocycles. The van der Waals surface area contributed by atoms with Gasteiger partial charge in [-0.15, -0.1) is 0 Å². The molecule has 0 spiro atoms. The molecule has 1 N–H and O–H groups in total. The molecule has 3 rings (SSSR count). The van der Waals surface area contributed by atoms with E-state index < -0.39 is 0 Å². The standard InChI is InChI=1S/C21H28N4O5/c1-4-28-16-11-15(12-17(29-5-2)20(16)30-6-3)21(26)24-18-13-19(23-14-22-18)25-7-9-27-10-8-25/h11-14H,4-10H2,1-3H3,(H,22,23,24,26). The topological polar surface area (TPSA) is 95.0 Å². The second-order valence-electron chi connectivity index (χ2n) is 6.42. The van der Waals surface area contributed by atoms with Crippen LogP contribution in [0.4, 0.5) is 11.6 Å². The van der Waals surface area contributed by atoms with Crippen molar-refractivity contribution >= 4 is 17.5 Å². The maximum atomic E-state index is 12.9. The first-order chi connectivity index (χ1) is 14.7. The highest BCUT2D eigenvalue weighted by Crippen LogP contribution is 2.39. The zero-order valence-corrected chi connectivity index (χ0v) is 17.6. The quantitative estimate of drug-likeness (QED) is 0.667. The minimum Gasteiger partial charge on any atom is -0.490 e. The van der Waals surface area contributed by atoms with Crippen LogP contribution in [0.1, 0.15) is 31.1 Å². The predicted octanol–water partition coefficient (Wildman–Crippen LogP) is 2.76. The summed E-state index contributed by atoms with van der Waals surface area (Å²) in [6, 6.07) is 5.05. The smallest absolute Gasteiger partial charge is 0.257 e. The Morgan fingerprint density at radius 1 is 1.00 bits per heavy atom. The fourth-order valence-electron chi connectivity index (χ4n) is 3.09. The first-order valence-electron chi connectivity index (χ1n) is 10.2. The molecule has 9 heteroatoms. The summed E-state index contributed by atoms with van der Waals surface area (Å²) >= 11 is 0. The van der Waals surface area contributed by atoms with Gasteiger partial charge < -0.3 is 29.2 Å².